The molecule has 3 aromatic rings. The molecule has 1 amide bonds. The summed E-state index contributed by atoms with van der Waals surface area (Å²) in [6.45, 7) is -0.0336. The van der Waals surface area contributed by atoms with Gasteiger partial charge in [-0.3, -0.25) is 4.79 Å². The van der Waals surface area contributed by atoms with E-state index in [1.807, 2.05) is 12.1 Å². The van der Waals surface area contributed by atoms with Crippen LogP contribution in [0.3, 0.4) is 0 Å². The Labute approximate surface area is 172 Å². The summed E-state index contributed by atoms with van der Waals surface area (Å²) in [4.78, 5) is 12.6. The molecule has 0 bridgehead atoms. The van der Waals surface area contributed by atoms with E-state index in [1.165, 1.54) is 24.3 Å². The van der Waals surface area contributed by atoms with Crippen molar-refractivity contribution in [3.63, 3.8) is 0 Å². The highest BCUT2D eigenvalue weighted by molar-refractivity contribution is 7.89. The van der Waals surface area contributed by atoms with Gasteiger partial charge in [0, 0.05) is 18.4 Å². The smallest absolute Gasteiger partial charge is 0.259 e. The second kappa shape index (κ2) is 8.49. The molecule has 0 aliphatic rings. The Morgan fingerprint density at radius 1 is 1.14 bits per heavy atom. The van der Waals surface area contributed by atoms with Gasteiger partial charge < -0.3 is 10.4 Å². The number of rotatable bonds is 6. The lowest BCUT2D eigenvalue weighted by Gasteiger charge is -2.12. The number of anilines is 1. The van der Waals surface area contributed by atoms with Crippen molar-refractivity contribution in [2.24, 2.45) is 0 Å². The average molecular weight is 430 g/mol. The number of amides is 1. The Morgan fingerprint density at radius 3 is 2.66 bits per heavy atom. The van der Waals surface area contributed by atoms with Crippen LogP contribution in [0.1, 0.15) is 16.8 Å². The minimum absolute atomic E-state index is 0.0254. The van der Waals surface area contributed by atoms with Crippen molar-refractivity contribution in [1.82, 2.24) is 4.72 Å². The number of nitrogens with one attached hydrogen (secondary N) is 2. The molecule has 148 valence electrons. The summed E-state index contributed by atoms with van der Waals surface area (Å²) in [6, 6.07) is 15.9. The Balaban J connectivity index is 1.89. The highest BCUT2D eigenvalue weighted by atomic mass is 35.5. The first-order valence-electron chi connectivity index (χ1n) is 8.52. The Bertz CT molecular complexity index is 1240. The zero-order valence-electron chi connectivity index (χ0n) is 15.0. The summed E-state index contributed by atoms with van der Waals surface area (Å²) in [5.41, 5.74) is 0.104. The number of benzene rings is 3. The molecule has 0 radical (unpaired) electrons. The van der Waals surface area contributed by atoms with Gasteiger partial charge in [-0.15, -0.1) is 0 Å². The third-order valence-electron chi connectivity index (χ3n) is 4.17. The summed E-state index contributed by atoms with van der Waals surface area (Å²) < 4.78 is 26.9. The number of phenolic OH excluding ortho intramolecular Hbond substituents is 1. The fourth-order valence-electron chi connectivity index (χ4n) is 2.72. The van der Waals surface area contributed by atoms with Crippen molar-refractivity contribution in [1.29, 1.82) is 5.26 Å². The molecule has 0 aromatic heterocycles. The van der Waals surface area contributed by atoms with Crippen molar-refractivity contribution < 1.29 is 18.3 Å². The normalized spacial score (nSPS) is 11.2. The highest BCUT2D eigenvalue weighted by Gasteiger charge is 2.18. The number of nitriles is 1. The fraction of sp³-hybridized carbons (Fsp3) is 0.100. The van der Waals surface area contributed by atoms with Gasteiger partial charge in [-0.2, -0.15) is 5.26 Å². The van der Waals surface area contributed by atoms with Crippen LogP contribution in [0.2, 0.25) is 5.02 Å². The van der Waals surface area contributed by atoms with Crippen LogP contribution >= 0.6 is 11.6 Å². The molecule has 0 saturated heterocycles. The number of sulfonamides is 1. The molecule has 7 nitrogen and oxygen atoms in total. The van der Waals surface area contributed by atoms with E-state index in [0.717, 1.165) is 5.39 Å². The molecule has 0 aliphatic heterocycles. The van der Waals surface area contributed by atoms with Crippen molar-refractivity contribution in [3.05, 3.63) is 65.2 Å². The summed E-state index contributed by atoms with van der Waals surface area (Å²) in [6.07, 6.45) is 0.0254. The summed E-state index contributed by atoms with van der Waals surface area (Å²) in [7, 11) is -3.87. The third kappa shape index (κ3) is 4.49. The van der Waals surface area contributed by atoms with Crippen LogP contribution in [0.4, 0.5) is 5.69 Å². The SMILES string of the molecule is N#CCCNS(=O)(=O)c1ccc(Cl)c(NC(=O)c2ccc3ccccc3c2O)c1. The predicted octanol–water partition coefficient (Wildman–Crippen LogP) is 3.64. The number of halogens is 1. The molecule has 0 saturated carbocycles. The lowest BCUT2D eigenvalue weighted by atomic mass is 10.0. The number of hydrogen-bond acceptors (Lipinski definition) is 5. The number of aromatic hydroxyl groups is 1. The number of nitrogens with zero attached hydrogens (tertiary/aromatic N) is 1. The largest absolute Gasteiger partial charge is 0.506 e. The number of phenols is 1. The molecule has 0 fully saturated rings. The number of hydrogen-bond donors (Lipinski definition) is 3. The van der Waals surface area contributed by atoms with E-state index < -0.39 is 15.9 Å². The minimum Gasteiger partial charge on any atom is -0.506 e. The zero-order valence-corrected chi connectivity index (χ0v) is 16.6. The van der Waals surface area contributed by atoms with E-state index in [1.54, 1.807) is 24.3 Å². The van der Waals surface area contributed by atoms with Crippen LogP contribution in [0.15, 0.2) is 59.5 Å². The predicted molar refractivity (Wildman–Crippen MR) is 110 cm³/mol. The second-order valence-electron chi connectivity index (χ2n) is 6.08. The molecule has 29 heavy (non-hydrogen) atoms. The number of carbonyl (C=O) groups is 1. The van der Waals surface area contributed by atoms with Crippen LogP contribution in [0.25, 0.3) is 10.8 Å². The maximum atomic E-state index is 12.7. The molecule has 0 aliphatic carbocycles. The number of fused-ring (bicyclic) bond motifs is 1. The first-order chi connectivity index (χ1) is 13.8. The molecule has 3 aromatic carbocycles. The minimum atomic E-state index is -3.87. The Kier molecular flexibility index (Phi) is 6.03. The van der Waals surface area contributed by atoms with Gasteiger partial charge in [0.15, 0.2) is 0 Å². The van der Waals surface area contributed by atoms with Gasteiger partial charge in [-0.1, -0.05) is 41.9 Å². The molecule has 3 rings (SSSR count). The van der Waals surface area contributed by atoms with Crippen LogP contribution in [0.5, 0.6) is 5.75 Å². The van der Waals surface area contributed by atoms with Crippen molar-refractivity contribution >= 4 is 44.0 Å². The van der Waals surface area contributed by atoms with Crippen LogP contribution < -0.4 is 10.0 Å². The first kappa shape index (κ1) is 20.6. The molecule has 0 heterocycles. The van der Waals surface area contributed by atoms with Gasteiger partial charge in [0.05, 0.1) is 27.2 Å². The highest BCUT2D eigenvalue weighted by Crippen LogP contribution is 2.31. The van der Waals surface area contributed by atoms with Crippen LogP contribution in [-0.2, 0) is 10.0 Å². The van der Waals surface area contributed by atoms with Gasteiger partial charge in [-0.25, -0.2) is 13.1 Å². The summed E-state index contributed by atoms with van der Waals surface area (Å²) in [5, 5.41) is 22.9. The third-order valence-corrected chi connectivity index (χ3v) is 5.96. The first-order valence-corrected chi connectivity index (χ1v) is 10.4. The molecular formula is C20H16ClN3O4S. The van der Waals surface area contributed by atoms with Gasteiger partial charge >= 0.3 is 0 Å². The molecule has 0 atom stereocenters. The fourth-order valence-corrected chi connectivity index (χ4v) is 3.94. The maximum Gasteiger partial charge on any atom is 0.259 e. The molecular weight excluding hydrogens is 414 g/mol. The second-order valence-corrected chi connectivity index (χ2v) is 8.26. The van der Waals surface area contributed by atoms with Crippen molar-refractivity contribution in [2.75, 3.05) is 11.9 Å². The average Bonchev–Trinajstić information content (AvgIpc) is 2.70. The van der Waals surface area contributed by atoms with Crippen LogP contribution in [-0.4, -0.2) is 26.0 Å². The van der Waals surface area contributed by atoms with E-state index in [2.05, 4.69) is 10.0 Å². The molecule has 0 spiro atoms. The monoisotopic (exact) mass is 429 g/mol. The van der Waals surface area contributed by atoms with Gasteiger partial charge in [0.2, 0.25) is 10.0 Å². The van der Waals surface area contributed by atoms with E-state index >= 15 is 0 Å². The van der Waals surface area contributed by atoms with Gasteiger partial charge in [-0.05, 0) is 29.7 Å². The van der Waals surface area contributed by atoms with E-state index in [0.29, 0.717) is 5.39 Å². The molecule has 9 heteroatoms. The van der Waals surface area contributed by atoms with E-state index in [4.69, 9.17) is 16.9 Å². The standard InChI is InChI=1S/C20H16ClN3O4S/c21-17-9-7-14(29(27,28)23-11-3-10-22)12-18(17)24-20(26)16-8-6-13-4-1-2-5-15(13)19(16)25/h1-2,4-9,12,23,25H,3,11H2,(H,24,26). The number of carbonyl (C=O) groups excluding carboxylic acids is 1. The van der Waals surface area contributed by atoms with Crippen molar-refractivity contribution in [3.8, 4) is 11.8 Å². The lowest BCUT2D eigenvalue weighted by molar-refractivity contribution is 0.102. The Hall–Kier alpha value is -3.12. The molecule has 0 unspecified atom stereocenters. The lowest BCUT2D eigenvalue weighted by Crippen LogP contribution is -2.24. The summed E-state index contributed by atoms with van der Waals surface area (Å²) >= 11 is 6.10. The maximum absolute atomic E-state index is 12.7. The van der Waals surface area contributed by atoms with Gasteiger partial charge in [0.1, 0.15) is 5.75 Å². The topological polar surface area (TPSA) is 119 Å². The van der Waals surface area contributed by atoms with Gasteiger partial charge in [0.25, 0.3) is 5.91 Å². The van der Waals surface area contributed by atoms with E-state index in [-0.39, 0.29) is 39.9 Å². The van der Waals surface area contributed by atoms with Crippen molar-refractivity contribution in [2.45, 2.75) is 11.3 Å². The quantitative estimate of drug-likeness (QED) is 0.517. The molecule has 3 N–H and O–H groups in total. The zero-order chi connectivity index (χ0) is 21.0. The van der Waals surface area contributed by atoms with E-state index in [9.17, 15) is 18.3 Å². The summed E-state index contributed by atoms with van der Waals surface area (Å²) in [5.74, 6) is -0.819. The van der Waals surface area contributed by atoms with Crippen LogP contribution in [0, 0.1) is 11.3 Å². The Morgan fingerprint density at radius 2 is 1.90 bits per heavy atom.